The molecule has 0 amide bonds. The van der Waals surface area contributed by atoms with Crippen LogP contribution in [0.2, 0.25) is 0 Å². The van der Waals surface area contributed by atoms with E-state index in [0.717, 1.165) is 31.7 Å². The number of anilines is 1. The van der Waals surface area contributed by atoms with Crippen LogP contribution in [0.5, 0.6) is 0 Å². The molecule has 0 atom stereocenters. The lowest BCUT2D eigenvalue weighted by molar-refractivity contribution is 0.315. The minimum Gasteiger partial charge on any atom is -0.384 e. The van der Waals surface area contributed by atoms with Gasteiger partial charge in [0, 0.05) is 31.5 Å². The SMILES string of the molecule is CN(Cc1ccc2c(c1)CCN2)Cc1ccccn1. The largest absolute Gasteiger partial charge is 0.384 e. The molecule has 3 heteroatoms. The van der Waals surface area contributed by atoms with Crippen molar-refractivity contribution in [3.63, 3.8) is 0 Å². The highest BCUT2D eigenvalue weighted by Gasteiger charge is 2.10. The number of aromatic nitrogens is 1. The Bertz CT molecular complexity index is 551. The van der Waals surface area contributed by atoms with E-state index in [1.165, 1.54) is 16.8 Å². The van der Waals surface area contributed by atoms with Crippen LogP contribution in [0.3, 0.4) is 0 Å². The van der Waals surface area contributed by atoms with Crippen molar-refractivity contribution in [1.29, 1.82) is 0 Å². The highest BCUT2D eigenvalue weighted by Crippen LogP contribution is 2.23. The normalized spacial score (nSPS) is 13.4. The van der Waals surface area contributed by atoms with Gasteiger partial charge in [-0.05, 0) is 42.8 Å². The van der Waals surface area contributed by atoms with Crippen LogP contribution in [-0.2, 0) is 19.5 Å². The summed E-state index contributed by atoms with van der Waals surface area (Å²) in [6.07, 6.45) is 3.00. The van der Waals surface area contributed by atoms with Gasteiger partial charge in [0.05, 0.1) is 5.69 Å². The maximum Gasteiger partial charge on any atom is 0.0543 e. The highest BCUT2D eigenvalue weighted by atomic mass is 15.1. The predicted molar refractivity (Wildman–Crippen MR) is 78.0 cm³/mol. The van der Waals surface area contributed by atoms with Gasteiger partial charge in [0.2, 0.25) is 0 Å². The van der Waals surface area contributed by atoms with Crippen LogP contribution in [0.25, 0.3) is 0 Å². The molecule has 1 aromatic carbocycles. The number of benzene rings is 1. The average molecular weight is 253 g/mol. The molecule has 1 aliphatic rings. The molecular formula is C16H19N3. The van der Waals surface area contributed by atoms with Crippen LogP contribution in [0, 0.1) is 0 Å². The highest BCUT2D eigenvalue weighted by molar-refractivity contribution is 5.56. The van der Waals surface area contributed by atoms with E-state index in [1.807, 2.05) is 18.3 Å². The minimum atomic E-state index is 0.885. The van der Waals surface area contributed by atoms with Gasteiger partial charge in [-0.1, -0.05) is 18.2 Å². The third kappa shape index (κ3) is 2.93. The van der Waals surface area contributed by atoms with Crippen LogP contribution in [0.4, 0.5) is 5.69 Å². The van der Waals surface area contributed by atoms with E-state index < -0.39 is 0 Å². The Morgan fingerprint density at radius 1 is 1.21 bits per heavy atom. The van der Waals surface area contributed by atoms with Crippen molar-refractivity contribution in [1.82, 2.24) is 9.88 Å². The molecule has 0 spiro atoms. The molecule has 0 saturated carbocycles. The number of hydrogen-bond donors (Lipinski definition) is 1. The summed E-state index contributed by atoms with van der Waals surface area (Å²) in [4.78, 5) is 6.66. The Labute approximate surface area is 114 Å². The van der Waals surface area contributed by atoms with Crippen LogP contribution < -0.4 is 5.32 Å². The molecule has 1 aromatic heterocycles. The molecule has 2 aromatic rings. The average Bonchev–Trinajstić information content (AvgIpc) is 2.87. The van der Waals surface area contributed by atoms with E-state index in [9.17, 15) is 0 Å². The second-order valence-electron chi connectivity index (χ2n) is 5.16. The predicted octanol–water partition coefficient (Wildman–Crippen LogP) is 2.68. The van der Waals surface area contributed by atoms with E-state index in [2.05, 4.69) is 46.5 Å². The quantitative estimate of drug-likeness (QED) is 0.908. The number of hydrogen-bond acceptors (Lipinski definition) is 3. The van der Waals surface area contributed by atoms with Gasteiger partial charge in [-0.25, -0.2) is 0 Å². The maximum atomic E-state index is 4.37. The summed E-state index contributed by atoms with van der Waals surface area (Å²) in [5, 5.41) is 3.40. The van der Waals surface area contributed by atoms with Crippen LogP contribution in [-0.4, -0.2) is 23.5 Å². The smallest absolute Gasteiger partial charge is 0.0543 e. The van der Waals surface area contributed by atoms with E-state index >= 15 is 0 Å². The molecule has 1 N–H and O–H groups in total. The fourth-order valence-corrected chi connectivity index (χ4v) is 2.59. The molecule has 3 nitrogen and oxygen atoms in total. The van der Waals surface area contributed by atoms with E-state index in [4.69, 9.17) is 0 Å². The number of fused-ring (bicyclic) bond motifs is 1. The van der Waals surface area contributed by atoms with Crippen molar-refractivity contribution >= 4 is 5.69 Å². The zero-order chi connectivity index (χ0) is 13.1. The van der Waals surface area contributed by atoms with Crippen molar-refractivity contribution in [3.8, 4) is 0 Å². The Balaban J connectivity index is 1.65. The molecular weight excluding hydrogens is 234 g/mol. The molecule has 2 heterocycles. The van der Waals surface area contributed by atoms with Crippen LogP contribution in [0.1, 0.15) is 16.8 Å². The van der Waals surface area contributed by atoms with Crippen molar-refractivity contribution in [2.45, 2.75) is 19.5 Å². The molecule has 3 rings (SSSR count). The molecule has 0 fully saturated rings. The van der Waals surface area contributed by atoms with Gasteiger partial charge in [-0.2, -0.15) is 0 Å². The number of nitrogens with zero attached hydrogens (tertiary/aromatic N) is 2. The van der Waals surface area contributed by atoms with Gasteiger partial charge >= 0.3 is 0 Å². The van der Waals surface area contributed by atoms with Gasteiger partial charge < -0.3 is 5.32 Å². The first kappa shape index (κ1) is 12.2. The zero-order valence-corrected chi connectivity index (χ0v) is 11.3. The summed E-state index contributed by atoms with van der Waals surface area (Å²) in [5.41, 5.74) is 5.24. The Morgan fingerprint density at radius 2 is 2.16 bits per heavy atom. The summed E-state index contributed by atoms with van der Waals surface area (Å²) in [7, 11) is 2.14. The maximum absolute atomic E-state index is 4.37. The Morgan fingerprint density at radius 3 is 3.00 bits per heavy atom. The van der Waals surface area contributed by atoms with E-state index in [0.29, 0.717) is 0 Å². The molecule has 1 aliphatic heterocycles. The van der Waals surface area contributed by atoms with Crippen molar-refractivity contribution < 1.29 is 0 Å². The summed E-state index contributed by atoms with van der Waals surface area (Å²) < 4.78 is 0. The first-order valence-electron chi connectivity index (χ1n) is 6.75. The number of pyridine rings is 1. The summed E-state index contributed by atoms with van der Waals surface area (Å²) in [6, 6.07) is 12.8. The number of nitrogens with one attached hydrogen (secondary N) is 1. The molecule has 0 saturated heterocycles. The van der Waals surface area contributed by atoms with Gasteiger partial charge in [-0.3, -0.25) is 9.88 Å². The monoisotopic (exact) mass is 253 g/mol. The van der Waals surface area contributed by atoms with Crippen LogP contribution in [0.15, 0.2) is 42.6 Å². The molecule has 0 radical (unpaired) electrons. The molecule has 0 unspecified atom stereocenters. The summed E-state index contributed by atoms with van der Waals surface area (Å²) in [5.74, 6) is 0. The Hall–Kier alpha value is -1.87. The lowest BCUT2D eigenvalue weighted by atomic mass is 10.1. The molecule has 98 valence electrons. The van der Waals surface area contributed by atoms with Gasteiger partial charge in [-0.15, -0.1) is 0 Å². The van der Waals surface area contributed by atoms with Crippen molar-refractivity contribution in [3.05, 3.63) is 59.4 Å². The van der Waals surface area contributed by atoms with Gasteiger partial charge in [0.25, 0.3) is 0 Å². The topological polar surface area (TPSA) is 28.2 Å². The third-order valence-electron chi connectivity index (χ3n) is 3.49. The first-order valence-corrected chi connectivity index (χ1v) is 6.75. The third-order valence-corrected chi connectivity index (χ3v) is 3.49. The second kappa shape index (κ2) is 5.41. The van der Waals surface area contributed by atoms with Gasteiger partial charge in [0.15, 0.2) is 0 Å². The minimum absolute atomic E-state index is 0.885. The fourth-order valence-electron chi connectivity index (χ4n) is 2.59. The van der Waals surface area contributed by atoms with E-state index in [-0.39, 0.29) is 0 Å². The fraction of sp³-hybridized carbons (Fsp3) is 0.312. The van der Waals surface area contributed by atoms with Crippen LogP contribution >= 0.6 is 0 Å². The van der Waals surface area contributed by atoms with Gasteiger partial charge in [0.1, 0.15) is 0 Å². The zero-order valence-electron chi connectivity index (χ0n) is 11.3. The first-order chi connectivity index (χ1) is 9.31. The molecule has 19 heavy (non-hydrogen) atoms. The van der Waals surface area contributed by atoms with Crippen molar-refractivity contribution in [2.24, 2.45) is 0 Å². The lowest BCUT2D eigenvalue weighted by Gasteiger charge is -2.16. The molecule has 0 bridgehead atoms. The molecule has 0 aliphatic carbocycles. The van der Waals surface area contributed by atoms with E-state index in [1.54, 1.807) is 0 Å². The summed E-state index contributed by atoms with van der Waals surface area (Å²) >= 11 is 0. The number of rotatable bonds is 4. The van der Waals surface area contributed by atoms with Crippen molar-refractivity contribution in [2.75, 3.05) is 18.9 Å². The Kier molecular flexibility index (Phi) is 3.47. The second-order valence-corrected chi connectivity index (χ2v) is 5.16. The summed E-state index contributed by atoms with van der Waals surface area (Å²) in [6.45, 7) is 2.92. The lowest BCUT2D eigenvalue weighted by Crippen LogP contribution is -2.17. The standard InChI is InChI=1S/C16H19N3/c1-19(12-15-4-2-3-8-17-15)11-13-5-6-16-14(10-13)7-9-18-16/h2-6,8,10,18H,7,9,11-12H2,1H3.